The molecule has 2 rings (SSSR count). The molecular formula is C13H18BrClS. The SMILES string of the molecule is Cc1cc(C(Br)C2CCCC2(C)C)sc1Cl. The van der Waals surface area contributed by atoms with Gasteiger partial charge >= 0.3 is 0 Å². The number of hydrogen-bond acceptors (Lipinski definition) is 1. The molecule has 1 aliphatic rings. The van der Waals surface area contributed by atoms with Crippen LogP contribution in [0.15, 0.2) is 6.07 Å². The van der Waals surface area contributed by atoms with Crippen molar-refractivity contribution in [1.29, 1.82) is 0 Å². The summed E-state index contributed by atoms with van der Waals surface area (Å²) in [6, 6.07) is 2.24. The predicted molar refractivity (Wildman–Crippen MR) is 76.9 cm³/mol. The Bertz CT molecular complexity index is 364. The minimum atomic E-state index is 0.457. The fourth-order valence-corrected chi connectivity index (χ4v) is 5.37. The van der Waals surface area contributed by atoms with Crippen LogP contribution in [0.25, 0.3) is 0 Å². The zero-order valence-corrected chi connectivity index (χ0v) is 13.2. The molecule has 0 spiro atoms. The van der Waals surface area contributed by atoms with Crippen LogP contribution in [0.4, 0.5) is 0 Å². The van der Waals surface area contributed by atoms with E-state index in [4.69, 9.17) is 11.6 Å². The summed E-state index contributed by atoms with van der Waals surface area (Å²) in [6.07, 6.45) is 4.03. The first-order valence-electron chi connectivity index (χ1n) is 5.82. The molecule has 0 amide bonds. The fraction of sp³-hybridized carbons (Fsp3) is 0.692. The Balaban J connectivity index is 2.22. The van der Waals surface area contributed by atoms with Gasteiger partial charge in [-0.15, -0.1) is 11.3 Å². The molecule has 2 atom stereocenters. The van der Waals surface area contributed by atoms with Gasteiger partial charge in [0.15, 0.2) is 0 Å². The Labute approximate surface area is 116 Å². The second-order valence-electron chi connectivity index (χ2n) is 5.49. The van der Waals surface area contributed by atoms with Crippen LogP contribution in [0.5, 0.6) is 0 Å². The number of hydrogen-bond donors (Lipinski definition) is 0. The van der Waals surface area contributed by atoms with Crippen molar-refractivity contribution in [3.8, 4) is 0 Å². The van der Waals surface area contributed by atoms with Gasteiger partial charge in [-0.3, -0.25) is 0 Å². The van der Waals surface area contributed by atoms with Crippen molar-refractivity contribution in [2.75, 3.05) is 0 Å². The number of thiophene rings is 1. The normalized spacial score (nSPS) is 25.9. The summed E-state index contributed by atoms with van der Waals surface area (Å²) in [6.45, 7) is 6.86. The lowest BCUT2D eigenvalue weighted by molar-refractivity contribution is 0.258. The van der Waals surface area contributed by atoms with E-state index in [1.807, 2.05) is 0 Å². The molecule has 0 bridgehead atoms. The Morgan fingerprint density at radius 2 is 2.25 bits per heavy atom. The number of alkyl halides is 1. The van der Waals surface area contributed by atoms with Gasteiger partial charge in [0.25, 0.3) is 0 Å². The monoisotopic (exact) mass is 320 g/mol. The quantitative estimate of drug-likeness (QED) is 0.588. The lowest BCUT2D eigenvalue weighted by Crippen LogP contribution is -2.20. The summed E-state index contributed by atoms with van der Waals surface area (Å²) in [5.74, 6) is 0.738. The Kier molecular flexibility index (Phi) is 3.73. The minimum Gasteiger partial charge on any atom is -0.127 e. The lowest BCUT2D eigenvalue weighted by atomic mass is 9.79. The second kappa shape index (κ2) is 4.62. The first-order chi connectivity index (χ1) is 7.42. The highest BCUT2D eigenvalue weighted by atomic mass is 79.9. The van der Waals surface area contributed by atoms with Gasteiger partial charge in [-0.25, -0.2) is 0 Å². The highest BCUT2D eigenvalue weighted by Gasteiger charge is 2.39. The predicted octanol–water partition coefficient (Wildman–Crippen LogP) is 5.97. The van der Waals surface area contributed by atoms with Crippen LogP contribution in [-0.4, -0.2) is 0 Å². The number of aryl methyl sites for hydroxylation is 1. The Morgan fingerprint density at radius 1 is 1.56 bits per heavy atom. The average Bonchev–Trinajstić information content (AvgIpc) is 2.70. The standard InChI is InChI=1S/C13H18BrClS/c1-8-7-10(16-12(8)15)11(14)9-5-4-6-13(9,2)3/h7,9,11H,4-6H2,1-3H3. The van der Waals surface area contributed by atoms with E-state index in [1.165, 1.54) is 29.7 Å². The first-order valence-corrected chi connectivity index (χ1v) is 7.93. The Hall–Kier alpha value is 0.470. The summed E-state index contributed by atoms with van der Waals surface area (Å²) < 4.78 is 0.940. The van der Waals surface area contributed by atoms with Crippen LogP contribution in [0, 0.1) is 18.3 Å². The molecular weight excluding hydrogens is 304 g/mol. The maximum absolute atomic E-state index is 6.15. The minimum absolute atomic E-state index is 0.457. The van der Waals surface area contributed by atoms with Gasteiger partial charge in [-0.2, -0.15) is 0 Å². The molecule has 0 nitrogen and oxygen atoms in total. The van der Waals surface area contributed by atoms with Gasteiger partial charge in [0.1, 0.15) is 0 Å². The van der Waals surface area contributed by atoms with Crippen LogP contribution in [0.3, 0.4) is 0 Å². The highest BCUT2D eigenvalue weighted by molar-refractivity contribution is 9.09. The van der Waals surface area contributed by atoms with Crippen LogP contribution in [-0.2, 0) is 0 Å². The van der Waals surface area contributed by atoms with Crippen molar-refractivity contribution in [3.63, 3.8) is 0 Å². The number of rotatable bonds is 2. The first kappa shape index (κ1) is 12.9. The van der Waals surface area contributed by atoms with Crippen molar-refractivity contribution in [2.45, 2.75) is 44.9 Å². The molecule has 90 valence electrons. The second-order valence-corrected chi connectivity index (χ2v) is 8.17. The lowest BCUT2D eigenvalue weighted by Gasteiger charge is -2.30. The third kappa shape index (κ3) is 2.34. The van der Waals surface area contributed by atoms with Gasteiger partial charge in [0.2, 0.25) is 0 Å². The van der Waals surface area contributed by atoms with Crippen molar-refractivity contribution in [1.82, 2.24) is 0 Å². The van der Waals surface area contributed by atoms with E-state index in [1.54, 1.807) is 11.3 Å². The van der Waals surface area contributed by atoms with Crippen molar-refractivity contribution >= 4 is 38.9 Å². The van der Waals surface area contributed by atoms with Gasteiger partial charge in [-0.05, 0) is 42.7 Å². The van der Waals surface area contributed by atoms with Gasteiger partial charge in [-0.1, -0.05) is 47.8 Å². The molecule has 0 N–H and O–H groups in total. The van der Waals surface area contributed by atoms with Crippen LogP contribution < -0.4 is 0 Å². The van der Waals surface area contributed by atoms with E-state index in [-0.39, 0.29) is 0 Å². The van der Waals surface area contributed by atoms with Crippen LogP contribution in [0.1, 0.15) is 48.4 Å². The molecule has 1 saturated carbocycles. The summed E-state index contributed by atoms with van der Waals surface area (Å²) in [5.41, 5.74) is 1.67. The van der Waals surface area contributed by atoms with Crippen molar-refractivity contribution in [3.05, 3.63) is 20.8 Å². The molecule has 3 heteroatoms. The smallest absolute Gasteiger partial charge is 0.0960 e. The van der Waals surface area contributed by atoms with Gasteiger partial charge in [0, 0.05) is 4.88 Å². The summed E-state index contributed by atoms with van der Waals surface area (Å²) >= 11 is 11.8. The van der Waals surface area contributed by atoms with Crippen molar-refractivity contribution in [2.24, 2.45) is 11.3 Å². The molecule has 16 heavy (non-hydrogen) atoms. The van der Waals surface area contributed by atoms with Crippen molar-refractivity contribution < 1.29 is 0 Å². The maximum Gasteiger partial charge on any atom is 0.0960 e. The van der Waals surface area contributed by atoms with E-state index in [0.717, 1.165) is 10.3 Å². The molecule has 1 aromatic rings. The molecule has 0 radical (unpaired) electrons. The van der Waals surface area contributed by atoms with E-state index in [2.05, 4.69) is 42.8 Å². The van der Waals surface area contributed by atoms with E-state index < -0.39 is 0 Å². The highest BCUT2D eigenvalue weighted by Crippen LogP contribution is 2.53. The average molecular weight is 322 g/mol. The molecule has 1 heterocycles. The van der Waals surface area contributed by atoms with E-state index in [9.17, 15) is 0 Å². The van der Waals surface area contributed by atoms with E-state index >= 15 is 0 Å². The molecule has 2 unspecified atom stereocenters. The zero-order chi connectivity index (χ0) is 11.9. The molecule has 0 saturated heterocycles. The summed E-state index contributed by atoms with van der Waals surface area (Å²) in [5, 5.41) is 0. The third-order valence-electron chi connectivity index (χ3n) is 3.84. The van der Waals surface area contributed by atoms with Gasteiger partial charge in [0.05, 0.1) is 9.16 Å². The summed E-state index contributed by atoms with van der Waals surface area (Å²) in [4.78, 5) is 1.86. The van der Waals surface area contributed by atoms with Crippen LogP contribution in [0.2, 0.25) is 4.34 Å². The van der Waals surface area contributed by atoms with Gasteiger partial charge < -0.3 is 0 Å². The molecule has 1 aliphatic carbocycles. The molecule has 0 aromatic carbocycles. The third-order valence-corrected chi connectivity index (χ3v) is 6.91. The van der Waals surface area contributed by atoms with E-state index in [0.29, 0.717) is 10.2 Å². The Morgan fingerprint density at radius 3 is 2.69 bits per heavy atom. The largest absolute Gasteiger partial charge is 0.127 e. The maximum atomic E-state index is 6.15. The fourth-order valence-electron chi connectivity index (χ4n) is 2.71. The van der Waals surface area contributed by atoms with Crippen LogP contribution >= 0.6 is 38.9 Å². The molecule has 0 aliphatic heterocycles. The summed E-state index contributed by atoms with van der Waals surface area (Å²) in [7, 11) is 0. The molecule has 1 fully saturated rings. The topological polar surface area (TPSA) is 0 Å². The zero-order valence-electron chi connectivity index (χ0n) is 10.0. The molecule has 1 aromatic heterocycles. The number of halogens is 2.